The molecule has 4 amide bonds. The van der Waals surface area contributed by atoms with Gasteiger partial charge in [0, 0.05) is 32.1 Å². The van der Waals surface area contributed by atoms with Gasteiger partial charge in [-0.1, -0.05) is 45.2 Å². The van der Waals surface area contributed by atoms with Gasteiger partial charge in [-0.15, -0.1) is 0 Å². The fraction of sp³-hybridized carbons (Fsp3) is 0.738. The third kappa shape index (κ3) is 27.5. The van der Waals surface area contributed by atoms with Crippen LogP contribution in [0.3, 0.4) is 0 Å². The molecule has 1 rings (SSSR count). The Balaban J connectivity index is 2.59. The predicted octanol–water partition coefficient (Wildman–Crippen LogP) is 7.73. The van der Waals surface area contributed by atoms with E-state index in [0.717, 1.165) is 44.5 Å². The number of guanidine groups is 1. The van der Waals surface area contributed by atoms with Crippen molar-refractivity contribution in [3.8, 4) is 5.75 Å². The van der Waals surface area contributed by atoms with Crippen molar-refractivity contribution in [2.45, 2.75) is 151 Å². The van der Waals surface area contributed by atoms with Crippen LogP contribution in [0.25, 0.3) is 0 Å². The minimum Gasteiger partial charge on any atom is -0.492 e. The Morgan fingerprint density at radius 3 is 1.75 bits per heavy atom. The van der Waals surface area contributed by atoms with Gasteiger partial charge in [0.25, 0.3) is 0 Å². The summed E-state index contributed by atoms with van der Waals surface area (Å²) in [6, 6.07) is 8.34. The molecule has 0 unspecified atom stereocenters. The number of rotatable bonds is 22. The number of unbranched alkanes of at least 4 members (excludes halogenated alkanes) is 3. The van der Waals surface area contributed by atoms with E-state index in [2.05, 4.69) is 50.2 Å². The van der Waals surface area contributed by atoms with E-state index in [0.29, 0.717) is 45.6 Å². The second kappa shape index (κ2) is 26.0. The highest BCUT2D eigenvalue weighted by molar-refractivity contribution is 6.01. The average Bonchev–Trinajstić information content (AvgIpc) is 3.06. The lowest BCUT2D eigenvalue weighted by Gasteiger charge is -2.23. The van der Waals surface area contributed by atoms with Crippen LogP contribution >= 0.6 is 0 Å². The number of alkyl carbamates (subject to hydrolysis) is 3. The molecule has 0 saturated heterocycles. The summed E-state index contributed by atoms with van der Waals surface area (Å²) in [6.07, 6.45) is 6.31. The SMILES string of the molecule is CCCCCc1ccc(OCCN(CCCNC(=O)OC(C)(C)C)CCCNC(=O)[C@@H](C)CCCCN=C(NC(=O)OC(C)(C)C)NC(=O)OC(C)(C)C)cc1. The first kappa shape index (κ1) is 49.9. The van der Waals surface area contributed by atoms with Crippen molar-refractivity contribution in [1.29, 1.82) is 0 Å². The van der Waals surface area contributed by atoms with Gasteiger partial charge in [0.15, 0.2) is 0 Å². The number of ether oxygens (including phenoxy) is 4. The van der Waals surface area contributed by atoms with E-state index in [4.69, 9.17) is 18.9 Å². The smallest absolute Gasteiger partial charge is 0.414 e. The van der Waals surface area contributed by atoms with Gasteiger partial charge in [0.05, 0.1) is 0 Å². The van der Waals surface area contributed by atoms with Crippen LogP contribution < -0.4 is 26.0 Å². The summed E-state index contributed by atoms with van der Waals surface area (Å²) >= 11 is 0. The van der Waals surface area contributed by atoms with Gasteiger partial charge in [-0.3, -0.25) is 25.3 Å². The lowest BCUT2D eigenvalue weighted by atomic mass is 10.0. The summed E-state index contributed by atoms with van der Waals surface area (Å²) in [7, 11) is 0. The Hall–Kier alpha value is -4.07. The van der Waals surface area contributed by atoms with Crippen molar-refractivity contribution in [2.24, 2.45) is 10.9 Å². The van der Waals surface area contributed by atoms with Gasteiger partial charge in [-0.2, -0.15) is 0 Å². The molecule has 0 saturated carbocycles. The van der Waals surface area contributed by atoms with E-state index in [1.54, 1.807) is 41.5 Å². The monoisotopic (exact) mass is 791 g/mol. The average molecular weight is 791 g/mol. The van der Waals surface area contributed by atoms with Crippen LogP contribution in [0.15, 0.2) is 29.3 Å². The quantitative estimate of drug-likeness (QED) is 0.0398. The minimum atomic E-state index is -0.747. The number of amides is 4. The molecule has 0 aromatic heterocycles. The van der Waals surface area contributed by atoms with Gasteiger partial charge in [-0.25, -0.2) is 14.4 Å². The molecule has 320 valence electrons. The third-order valence-corrected chi connectivity index (χ3v) is 7.94. The molecule has 0 aliphatic rings. The highest BCUT2D eigenvalue weighted by atomic mass is 16.6. The first-order chi connectivity index (χ1) is 26.2. The maximum atomic E-state index is 12.9. The van der Waals surface area contributed by atoms with E-state index in [9.17, 15) is 19.2 Å². The van der Waals surface area contributed by atoms with Crippen LogP contribution in [0.4, 0.5) is 14.4 Å². The largest absolute Gasteiger partial charge is 0.492 e. The molecule has 4 N–H and O–H groups in total. The first-order valence-corrected chi connectivity index (χ1v) is 20.4. The van der Waals surface area contributed by atoms with Gasteiger partial charge in [-0.05, 0) is 132 Å². The Kier molecular flexibility index (Phi) is 23.2. The standard InChI is InChI=1S/C42H74N6O8/c1-12-13-14-20-33-21-23-34(24-22-33)53-31-30-48(29-18-27-45-37(50)54-40(3,4)5)28-17-26-43-35(49)32(2)19-15-16-25-44-36(46-38(51)55-41(6,7)8)47-39(52)56-42(9,10)11/h21-24,32H,12-20,25-31H2,1-11H3,(H,43,49)(H,45,50)(H2,44,46,47,51,52)/t32-/m0/s1. The molecule has 1 atom stereocenters. The van der Waals surface area contributed by atoms with E-state index in [1.807, 2.05) is 39.8 Å². The molecule has 0 fully saturated rings. The maximum absolute atomic E-state index is 12.9. The number of nitrogens with zero attached hydrogens (tertiary/aromatic N) is 2. The number of aliphatic imine (C=N–C) groups is 1. The van der Waals surface area contributed by atoms with Crippen LogP contribution in [0.1, 0.15) is 133 Å². The molecule has 14 heteroatoms. The van der Waals surface area contributed by atoms with Crippen LogP contribution in [-0.4, -0.2) is 97.7 Å². The summed E-state index contributed by atoms with van der Waals surface area (Å²) in [5.41, 5.74) is -0.681. The maximum Gasteiger partial charge on any atom is 0.414 e. The summed E-state index contributed by atoms with van der Waals surface area (Å²) < 4.78 is 22.0. The molecular formula is C42H74N6O8. The molecule has 1 aromatic carbocycles. The molecule has 0 bridgehead atoms. The van der Waals surface area contributed by atoms with Crippen molar-refractivity contribution in [2.75, 3.05) is 45.9 Å². The van der Waals surface area contributed by atoms with Crippen molar-refractivity contribution in [1.82, 2.24) is 26.2 Å². The fourth-order valence-electron chi connectivity index (χ4n) is 5.25. The van der Waals surface area contributed by atoms with Crippen LogP contribution in [0, 0.1) is 5.92 Å². The third-order valence-electron chi connectivity index (χ3n) is 7.94. The molecule has 0 spiro atoms. The van der Waals surface area contributed by atoms with E-state index in [-0.39, 0.29) is 17.8 Å². The number of aryl methyl sites for hydroxylation is 1. The molecular weight excluding hydrogens is 716 g/mol. The predicted molar refractivity (Wildman–Crippen MR) is 222 cm³/mol. The Morgan fingerprint density at radius 2 is 1.21 bits per heavy atom. The topological polar surface area (TPSA) is 169 Å². The molecule has 0 radical (unpaired) electrons. The summed E-state index contributed by atoms with van der Waals surface area (Å²) in [4.78, 5) is 56.2. The van der Waals surface area contributed by atoms with Gasteiger partial charge in [0.1, 0.15) is 29.2 Å². The molecule has 14 nitrogen and oxygen atoms in total. The zero-order valence-corrected chi connectivity index (χ0v) is 36.4. The van der Waals surface area contributed by atoms with Gasteiger partial charge in [0.2, 0.25) is 11.9 Å². The van der Waals surface area contributed by atoms with Crippen LogP contribution in [-0.2, 0) is 25.4 Å². The Bertz CT molecular complexity index is 1300. The van der Waals surface area contributed by atoms with Crippen LogP contribution in [0.5, 0.6) is 5.75 Å². The zero-order valence-electron chi connectivity index (χ0n) is 36.4. The van der Waals surface area contributed by atoms with E-state index < -0.39 is 35.1 Å². The first-order valence-electron chi connectivity index (χ1n) is 20.4. The van der Waals surface area contributed by atoms with Crippen molar-refractivity contribution >= 4 is 30.1 Å². The summed E-state index contributed by atoms with van der Waals surface area (Å²) in [6.45, 7) is 24.1. The molecule has 0 aliphatic carbocycles. The highest BCUT2D eigenvalue weighted by Gasteiger charge is 2.21. The van der Waals surface area contributed by atoms with Gasteiger partial charge >= 0.3 is 18.3 Å². The van der Waals surface area contributed by atoms with Crippen molar-refractivity contribution in [3.05, 3.63) is 29.8 Å². The molecule has 0 aliphatic heterocycles. The van der Waals surface area contributed by atoms with E-state index in [1.165, 1.54) is 24.8 Å². The molecule has 56 heavy (non-hydrogen) atoms. The molecule has 1 aromatic rings. The minimum absolute atomic E-state index is 0.0121. The van der Waals surface area contributed by atoms with Crippen LogP contribution in [0.2, 0.25) is 0 Å². The number of benzene rings is 1. The second-order valence-corrected chi connectivity index (χ2v) is 17.1. The summed E-state index contributed by atoms with van der Waals surface area (Å²) in [5.74, 6) is 0.576. The zero-order chi connectivity index (χ0) is 42.2. The van der Waals surface area contributed by atoms with Crippen molar-refractivity contribution in [3.63, 3.8) is 0 Å². The number of hydrogen-bond donors (Lipinski definition) is 4. The summed E-state index contributed by atoms with van der Waals surface area (Å²) in [5, 5.41) is 10.9. The number of nitrogens with one attached hydrogen (secondary N) is 4. The lowest BCUT2D eigenvalue weighted by molar-refractivity contribution is -0.124. The van der Waals surface area contributed by atoms with Gasteiger partial charge < -0.3 is 29.6 Å². The second-order valence-electron chi connectivity index (χ2n) is 17.1. The Labute approximate surface area is 337 Å². The highest BCUT2D eigenvalue weighted by Crippen LogP contribution is 2.15. The number of carbonyl (C=O) groups is 4. The number of hydrogen-bond acceptors (Lipinski definition) is 10. The van der Waals surface area contributed by atoms with Crippen molar-refractivity contribution < 1.29 is 38.1 Å². The lowest BCUT2D eigenvalue weighted by Crippen LogP contribution is -2.47. The molecule has 0 heterocycles. The fourth-order valence-corrected chi connectivity index (χ4v) is 5.25. The Morgan fingerprint density at radius 1 is 0.679 bits per heavy atom. The normalized spacial score (nSPS) is 12.3. The van der Waals surface area contributed by atoms with E-state index >= 15 is 0 Å². The number of carbonyl (C=O) groups excluding carboxylic acids is 4.